The van der Waals surface area contributed by atoms with Gasteiger partial charge in [-0.15, -0.1) is 0 Å². The van der Waals surface area contributed by atoms with Crippen LogP contribution in [0, 0.1) is 0 Å². The molecule has 0 spiro atoms. The predicted molar refractivity (Wildman–Crippen MR) is 115 cm³/mol. The number of aromatic nitrogens is 1. The molecule has 0 atom stereocenters. The van der Waals surface area contributed by atoms with E-state index < -0.39 is 11.8 Å². The number of nitrogens with one attached hydrogen (secondary N) is 3. The minimum absolute atomic E-state index is 0.313. The molecular weight excluding hydrogens is 411 g/mol. The number of benzene rings is 2. The lowest BCUT2D eigenvalue weighted by atomic mass is 10.1. The van der Waals surface area contributed by atoms with E-state index in [-0.39, 0.29) is 0 Å². The molecule has 3 N–H and O–H groups in total. The second-order valence-electron chi connectivity index (χ2n) is 7.24. The summed E-state index contributed by atoms with van der Waals surface area (Å²) in [6.07, 6.45) is 2.37. The standard InChI is InChI=1S/C21H20Cl2N4O2/c1-27-10-13-2-3-16(6-14(13)11-27)26-21(29)20(28)24-5-4-12-9-25-18-8-15(22)7-17(23)19(12)18/h2-3,6-9,25H,4-5,10-11H2,1H3,(H,24,28)(H,26,29). The number of halogens is 2. The molecule has 4 rings (SSSR count). The van der Waals surface area contributed by atoms with E-state index in [2.05, 4.69) is 20.5 Å². The summed E-state index contributed by atoms with van der Waals surface area (Å²) in [4.78, 5) is 29.7. The molecule has 2 aromatic carbocycles. The smallest absolute Gasteiger partial charge is 0.313 e. The van der Waals surface area contributed by atoms with Crippen LogP contribution in [-0.4, -0.2) is 35.3 Å². The lowest BCUT2D eigenvalue weighted by Gasteiger charge is -2.08. The number of hydrogen-bond acceptors (Lipinski definition) is 3. The van der Waals surface area contributed by atoms with Gasteiger partial charge in [-0.05, 0) is 54.4 Å². The molecular formula is C21H20Cl2N4O2. The van der Waals surface area contributed by atoms with Crippen molar-refractivity contribution in [2.24, 2.45) is 0 Å². The number of anilines is 1. The Labute approximate surface area is 178 Å². The number of carbonyl (C=O) groups excluding carboxylic acids is 2. The fraction of sp³-hybridized carbons (Fsp3) is 0.238. The fourth-order valence-electron chi connectivity index (χ4n) is 3.67. The molecule has 0 radical (unpaired) electrons. The lowest BCUT2D eigenvalue weighted by Crippen LogP contribution is -2.36. The molecule has 0 aliphatic carbocycles. The van der Waals surface area contributed by atoms with Crippen molar-refractivity contribution in [3.63, 3.8) is 0 Å². The van der Waals surface area contributed by atoms with Gasteiger partial charge in [0, 0.05) is 47.4 Å². The first-order chi connectivity index (χ1) is 13.9. The lowest BCUT2D eigenvalue weighted by molar-refractivity contribution is -0.136. The minimum atomic E-state index is -0.681. The zero-order valence-electron chi connectivity index (χ0n) is 15.8. The predicted octanol–water partition coefficient (Wildman–Crippen LogP) is 3.72. The van der Waals surface area contributed by atoms with Gasteiger partial charge in [0.05, 0.1) is 5.02 Å². The van der Waals surface area contributed by atoms with Gasteiger partial charge in [0.1, 0.15) is 0 Å². The van der Waals surface area contributed by atoms with Crippen molar-refractivity contribution < 1.29 is 9.59 Å². The Bertz CT molecular complexity index is 1110. The summed E-state index contributed by atoms with van der Waals surface area (Å²) in [6.45, 7) is 2.05. The number of amides is 2. The molecule has 0 fully saturated rings. The Morgan fingerprint density at radius 3 is 2.72 bits per heavy atom. The van der Waals surface area contributed by atoms with Crippen LogP contribution in [0.4, 0.5) is 5.69 Å². The molecule has 150 valence electrons. The number of fused-ring (bicyclic) bond motifs is 2. The molecule has 0 saturated heterocycles. The Kier molecular flexibility index (Phi) is 5.50. The van der Waals surface area contributed by atoms with E-state index in [1.807, 2.05) is 31.4 Å². The van der Waals surface area contributed by atoms with Crippen molar-refractivity contribution in [3.8, 4) is 0 Å². The van der Waals surface area contributed by atoms with Crippen molar-refractivity contribution in [1.82, 2.24) is 15.2 Å². The fourth-order valence-corrected chi connectivity index (χ4v) is 4.28. The van der Waals surface area contributed by atoms with Crippen LogP contribution in [0.15, 0.2) is 36.5 Å². The molecule has 2 amide bonds. The molecule has 1 aliphatic heterocycles. The first-order valence-corrected chi connectivity index (χ1v) is 10.0. The van der Waals surface area contributed by atoms with Crippen molar-refractivity contribution in [2.75, 3.05) is 18.9 Å². The van der Waals surface area contributed by atoms with Crippen LogP contribution in [0.25, 0.3) is 10.9 Å². The largest absolute Gasteiger partial charge is 0.361 e. The zero-order chi connectivity index (χ0) is 20.5. The molecule has 0 saturated carbocycles. The van der Waals surface area contributed by atoms with Crippen LogP contribution in [0.1, 0.15) is 16.7 Å². The van der Waals surface area contributed by atoms with E-state index in [9.17, 15) is 9.59 Å². The zero-order valence-corrected chi connectivity index (χ0v) is 17.3. The van der Waals surface area contributed by atoms with Gasteiger partial charge in [-0.3, -0.25) is 14.5 Å². The molecule has 1 aromatic heterocycles. The number of rotatable bonds is 4. The van der Waals surface area contributed by atoms with Crippen molar-refractivity contribution >= 4 is 51.6 Å². The maximum absolute atomic E-state index is 12.2. The van der Waals surface area contributed by atoms with Gasteiger partial charge in [-0.1, -0.05) is 29.3 Å². The van der Waals surface area contributed by atoms with E-state index in [1.54, 1.807) is 12.1 Å². The van der Waals surface area contributed by atoms with Gasteiger partial charge in [-0.2, -0.15) is 0 Å². The van der Waals surface area contributed by atoms with Crippen LogP contribution in [0.5, 0.6) is 0 Å². The highest BCUT2D eigenvalue weighted by molar-refractivity contribution is 6.40. The molecule has 29 heavy (non-hydrogen) atoms. The first kappa shape index (κ1) is 19.8. The SMILES string of the molecule is CN1Cc2ccc(NC(=O)C(=O)NCCc3c[nH]c4cc(Cl)cc(Cl)c34)cc2C1. The van der Waals surface area contributed by atoms with Crippen LogP contribution < -0.4 is 10.6 Å². The van der Waals surface area contributed by atoms with Gasteiger partial charge in [0.15, 0.2) is 0 Å². The summed E-state index contributed by atoms with van der Waals surface area (Å²) in [6, 6.07) is 9.21. The van der Waals surface area contributed by atoms with E-state index in [0.29, 0.717) is 28.7 Å². The van der Waals surface area contributed by atoms with Crippen LogP contribution in [-0.2, 0) is 29.1 Å². The Balaban J connectivity index is 1.33. The monoisotopic (exact) mass is 430 g/mol. The van der Waals surface area contributed by atoms with Gasteiger partial charge in [0.2, 0.25) is 0 Å². The number of carbonyl (C=O) groups is 2. The van der Waals surface area contributed by atoms with E-state index in [1.165, 1.54) is 11.1 Å². The third-order valence-corrected chi connectivity index (χ3v) is 5.53. The Morgan fingerprint density at radius 2 is 1.90 bits per heavy atom. The normalized spacial score (nSPS) is 13.5. The second-order valence-corrected chi connectivity index (χ2v) is 8.08. The summed E-state index contributed by atoms with van der Waals surface area (Å²) in [7, 11) is 2.04. The van der Waals surface area contributed by atoms with Gasteiger partial charge in [0.25, 0.3) is 0 Å². The molecule has 8 heteroatoms. The van der Waals surface area contributed by atoms with Gasteiger partial charge >= 0.3 is 11.8 Å². The van der Waals surface area contributed by atoms with E-state index in [4.69, 9.17) is 23.2 Å². The number of nitrogens with zero attached hydrogens (tertiary/aromatic N) is 1. The van der Waals surface area contributed by atoms with Crippen LogP contribution in [0.3, 0.4) is 0 Å². The quantitative estimate of drug-likeness (QED) is 0.552. The van der Waals surface area contributed by atoms with E-state index >= 15 is 0 Å². The molecule has 0 unspecified atom stereocenters. The summed E-state index contributed by atoms with van der Waals surface area (Å²) in [5.74, 6) is -1.35. The highest BCUT2D eigenvalue weighted by atomic mass is 35.5. The molecule has 0 bridgehead atoms. The van der Waals surface area contributed by atoms with Gasteiger partial charge < -0.3 is 15.6 Å². The third kappa shape index (κ3) is 4.24. The highest BCUT2D eigenvalue weighted by Gasteiger charge is 2.18. The van der Waals surface area contributed by atoms with Crippen molar-refractivity contribution in [1.29, 1.82) is 0 Å². The Hall–Kier alpha value is -2.54. The number of H-pyrrole nitrogens is 1. The Morgan fingerprint density at radius 1 is 1.10 bits per heavy atom. The topological polar surface area (TPSA) is 77.2 Å². The molecule has 3 aromatic rings. The average Bonchev–Trinajstić information content (AvgIpc) is 3.23. The van der Waals surface area contributed by atoms with Crippen molar-refractivity contribution in [2.45, 2.75) is 19.5 Å². The maximum Gasteiger partial charge on any atom is 0.313 e. The molecule has 2 heterocycles. The number of aromatic amines is 1. The third-order valence-electron chi connectivity index (χ3n) is 5.01. The maximum atomic E-state index is 12.2. The number of hydrogen-bond donors (Lipinski definition) is 3. The molecule has 1 aliphatic rings. The average molecular weight is 431 g/mol. The first-order valence-electron chi connectivity index (χ1n) is 9.25. The minimum Gasteiger partial charge on any atom is -0.361 e. The summed E-state index contributed by atoms with van der Waals surface area (Å²) < 4.78 is 0. The van der Waals surface area contributed by atoms with Crippen molar-refractivity contribution in [3.05, 3.63) is 63.3 Å². The summed E-state index contributed by atoms with van der Waals surface area (Å²) in [5.41, 5.74) is 4.82. The second kappa shape index (κ2) is 8.06. The summed E-state index contributed by atoms with van der Waals surface area (Å²) in [5, 5.41) is 7.30. The van der Waals surface area contributed by atoms with E-state index in [0.717, 1.165) is 29.6 Å². The van der Waals surface area contributed by atoms with Crippen LogP contribution >= 0.6 is 23.2 Å². The van der Waals surface area contributed by atoms with Gasteiger partial charge in [-0.25, -0.2) is 0 Å². The summed E-state index contributed by atoms with van der Waals surface area (Å²) >= 11 is 12.3. The highest BCUT2D eigenvalue weighted by Crippen LogP contribution is 2.30. The molecule has 6 nitrogen and oxygen atoms in total. The van der Waals surface area contributed by atoms with Crippen LogP contribution in [0.2, 0.25) is 10.0 Å².